The van der Waals surface area contributed by atoms with Gasteiger partial charge in [0.15, 0.2) is 0 Å². The van der Waals surface area contributed by atoms with Gasteiger partial charge in [0.1, 0.15) is 22.4 Å². The maximum atomic E-state index is 9.61. The molecule has 10 nitrogen and oxygen atoms in total. The van der Waals surface area contributed by atoms with Crippen LogP contribution in [0.4, 0.5) is 11.9 Å². The summed E-state index contributed by atoms with van der Waals surface area (Å²) in [5, 5.41) is 38.4. The first kappa shape index (κ1) is 25.4. The number of aliphatic hydroxyl groups is 4. The van der Waals surface area contributed by atoms with E-state index in [2.05, 4.69) is 0 Å². The van der Waals surface area contributed by atoms with Gasteiger partial charge in [0.25, 0.3) is 0 Å². The van der Waals surface area contributed by atoms with E-state index < -0.39 is 0 Å². The number of fused-ring (bicyclic) bond motifs is 1. The van der Waals surface area contributed by atoms with E-state index in [0.717, 1.165) is 11.1 Å². The zero-order chi connectivity index (χ0) is 25.3. The number of hydrogen-bond acceptors (Lipinski definition) is 10. The Morgan fingerprint density at radius 3 is 1.11 bits per heavy atom. The molecule has 36 heavy (non-hydrogen) atoms. The molecule has 0 atom stereocenters. The third-order valence-corrected chi connectivity index (χ3v) is 5.66. The Balaban J connectivity index is 2.06. The van der Waals surface area contributed by atoms with E-state index in [0.29, 0.717) is 34.3 Å². The summed E-state index contributed by atoms with van der Waals surface area (Å²) in [6.07, 6.45) is 0. The molecule has 0 aliphatic rings. The van der Waals surface area contributed by atoms with Gasteiger partial charge in [0.05, 0.1) is 26.4 Å². The van der Waals surface area contributed by atoms with Gasteiger partial charge in [-0.05, 0) is 0 Å². The van der Waals surface area contributed by atoms with Crippen molar-refractivity contribution in [3.63, 3.8) is 0 Å². The Bertz CT molecular complexity index is 1150. The van der Waals surface area contributed by atoms with Gasteiger partial charge in [0.2, 0.25) is 11.9 Å². The molecular formula is C26H30N6O4. The minimum absolute atomic E-state index is 0.125. The molecule has 2 aromatic carbocycles. The van der Waals surface area contributed by atoms with E-state index in [1.807, 2.05) is 60.7 Å². The normalized spacial score (nSPS) is 11.1. The van der Waals surface area contributed by atoms with Crippen molar-refractivity contribution in [3.05, 3.63) is 60.7 Å². The highest BCUT2D eigenvalue weighted by molar-refractivity contribution is 5.98. The van der Waals surface area contributed by atoms with Crippen molar-refractivity contribution in [2.75, 3.05) is 62.4 Å². The van der Waals surface area contributed by atoms with E-state index in [9.17, 15) is 20.4 Å². The molecule has 4 rings (SSSR count). The Hall–Kier alpha value is -3.70. The maximum absolute atomic E-state index is 9.61. The molecule has 0 amide bonds. The number of nitrogens with zero attached hydrogens (tertiary/aromatic N) is 6. The smallest absolute Gasteiger partial charge is 0.226 e. The second kappa shape index (κ2) is 12.3. The maximum Gasteiger partial charge on any atom is 0.226 e. The standard InChI is InChI=1S/C26H30N6O4/c33-15-11-31(12-16-34)25-27-21(19-7-3-1-4-8-19)23-24(30-25)22(20-9-5-2-6-10-20)28-26(29-23)32(13-17-35)14-18-36/h1-10,33-36H,11-18H2. The first-order valence-electron chi connectivity index (χ1n) is 11.8. The van der Waals surface area contributed by atoms with E-state index in [1.165, 1.54) is 0 Å². The molecule has 4 N–H and O–H groups in total. The van der Waals surface area contributed by atoms with Crippen molar-refractivity contribution >= 4 is 22.9 Å². The first-order chi connectivity index (χ1) is 17.7. The second-order valence-electron chi connectivity index (χ2n) is 8.04. The van der Waals surface area contributed by atoms with Gasteiger partial charge in [-0.2, -0.15) is 0 Å². The number of rotatable bonds is 12. The molecule has 2 aromatic heterocycles. The van der Waals surface area contributed by atoms with Crippen molar-refractivity contribution in [1.82, 2.24) is 19.9 Å². The van der Waals surface area contributed by atoms with Gasteiger partial charge in [-0.1, -0.05) is 60.7 Å². The summed E-state index contributed by atoms with van der Waals surface area (Å²) in [5.74, 6) is 0.695. The molecule has 4 aromatic rings. The van der Waals surface area contributed by atoms with Crippen molar-refractivity contribution in [2.45, 2.75) is 0 Å². The van der Waals surface area contributed by atoms with Crippen LogP contribution in [0, 0.1) is 0 Å². The molecule has 0 aliphatic carbocycles. The highest BCUT2D eigenvalue weighted by Crippen LogP contribution is 2.33. The van der Waals surface area contributed by atoms with Crippen molar-refractivity contribution in [2.24, 2.45) is 0 Å². The van der Waals surface area contributed by atoms with E-state index >= 15 is 0 Å². The van der Waals surface area contributed by atoms with Crippen molar-refractivity contribution < 1.29 is 20.4 Å². The Kier molecular flexibility index (Phi) is 8.69. The van der Waals surface area contributed by atoms with Gasteiger partial charge in [-0.15, -0.1) is 0 Å². The molecule has 2 heterocycles. The fourth-order valence-corrected chi connectivity index (χ4v) is 3.98. The average molecular weight is 491 g/mol. The van der Waals surface area contributed by atoms with Crippen LogP contribution in [0.25, 0.3) is 33.5 Å². The lowest BCUT2D eigenvalue weighted by molar-refractivity contribution is 0.279. The summed E-state index contributed by atoms with van der Waals surface area (Å²) in [4.78, 5) is 22.7. The zero-order valence-corrected chi connectivity index (χ0v) is 19.9. The van der Waals surface area contributed by atoms with Crippen LogP contribution in [0.1, 0.15) is 0 Å². The van der Waals surface area contributed by atoms with Gasteiger partial charge in [-0.3, -0.25) is 0 Å². The highest BCUT2D eigenvalue weighted by Gasteiger charge is 2.22. The Labute approximate surface area is 209 Å². The minimum atomic E-state index is -0.125. The van der Waals surface area contributed by atoms with Crippen LogP contribution < -0.4 is 9.80 Å². The van der Waals surface area contributed by atoms with E-state index in [-0.39, 0.29) is 52.6 Å². The molecule has 0 aliphatic heterocycles. The van der Waals surface area contributed by atoms with Gasteiger partial charge in [-0.25, -0.2) is 19.9 Å². The van der Waals surface area contributed by atoms with Crippen LogP contribution in [-0.4, -0.2) is 93.0 Å². The number of anilines is 2. The summed E-state index contributed by atoms with van der Waals surface area (Å²) in [6.45, 7) is 0.504. The van der Waals surface area contributed by atoms with Crippen LogP contribution in [0.5, 0.6) is 0 Å². The Morgan fingerprint density at radius 1 is 0.472 bits per heavy atom. The average Bonchev–Trinajstić information content (AvgIpc) is 2.92. The molecule has 0 bridgehead atoms. The fraction of sp³-hybridized carbons (Fsp3) is 0.308. The SMILES string of the molecule is OCCN(CCO)c1nc(-c2ccccc2)c2nc(N(CCO)CCO)nc(-c3ccccc3)c2n1. The summed E-state index contributed by atoms with van der Waals surface area (Å²) in [5.41, 5.74) is 3.82. The molecule has 0 saturated carbocycles. The van der Waals surface area contributed by atoms with Crippen LogP contribution in [0.2, 0.25) is 0 Å². The van der Waals surface area contributed by atoms with Gasteiger partial charge in [0, 0.05) is 37.3 Å². The number of hydrogen-bond donors (Lipinski definition) is 4. The number of aliphatic hydroxyl groups excluding tert-OH is 4. The predicted octanol–water partition coefficient (Wildman–Crippen LogP) is 1.34. The highest BCUT2D eigenvalue weighted by atomic mass is 16.3. The van der Waals surface area contributed by atoms with Crippen molar-refractivity contribution in [1.29, 1.82) is 0 Å². The number of benzene rings is 2. The lowest BCUT2D eigenvalue weighted by atomic mass is 10.1. The molecule has 0 radical (unpaired) electrons. The molecule has 188 valence electrons. The third kappa shape index (κ3) is 5.58. The van der Waals surface area contributed by atoms with Gasteiger partial charge >= 0.3 is 0 Å². The van der Waals surface area contributed by atoms with E-state index in [4.69, 9.17) is 19.9 Å². The predicted molar refractivity (Wildman–Crippen MR) is 139 cm³/mol. The second-order valence-corrected chi connectivity index (χ2v) is 8.04. The first-order valence-corrected chi connectivity index (χ1v) is 11.8. The lowest BCUT2D eigenvalue weighted by Gasteiger charge is -2.24. The molecular weight excluding hydrogens is 460 g/mol. The summed E-state index contributed by atoms with van der Waals surface area (Å²) in [7, 11) is 0. The largest absolute Gasteiger partial charge is 0.395 e. The van der Waals surface area contributed by atoms with Crippen LogP contribution in [0.15, 0.2) is 60.7 Å². The molecule has 0 saturated heterocycles. The van der Waals surface area contributed by atoms with Crippen LogP contribution in [0.3, 0.4) is 0 Å². The lowest BCUT2D eigenvalue weighted by Crippen LogP contribution is -2.32. The quantitative estimate of drug-likeness (QED) is 0.230. The molecule has 0 unspecified atom stereocenters. The zero-order valence-electron chi connectivity index (χ0n) is 19.9. The van der Waals surface area contributed by atoms with Gasteiger partial charge < -0.3 is 30.2 Å². The number of aromatic nitrogens is 4. The third-order valence-electron chi connectivity index (χ3n) is 5.66. The monoisotopic (exact) mass is 490 g/mol. The van der Waals surface area contributed by atoms with Crippen molar-refractivity contribution in [3.8, 4) is 22.5 Å². The topological polar surface area (TPSA) is 139 Å². The summed E-state index contributed by atoms with van der Waals surface area (Å²) in [6, 6.07) is 19.2. The summed E-state index contributed by atoms with van der Waals surface area (Å²) >= 11 is 0. The fourth-order valence-electron chi connectivity index (χ4n) is 3.98. The summed E-state index contributed by atoms with van der Waals surface area (Å²) < 4.78 is 0. The van der Waals surface area contributed by atoms with Crippen LogP contribution >= 0.6 is 0 Å². The van der Waals surface area contributed by atoms with E-state index in [1.54, 1.807) is 9.80 Å². The molecule has 0 spiro atoms. The molecule has 0 fully saturated rings. The molecule has 10 heteroatoms. The minimum Gasteiger partial charge on any atom is -0.395 e. The van der Waals surface area contributed by atoms with Crippen LogP contribution in [-0.2, 0) is 0 Å². The Morgan fingerprint density at radius 2 is 0.806 bits per heavy atom.